The van der Waals surface area contributed by atoms with Crippen LogP contribution in [0, 0.1) is 0 Å². The molecular formula is C24H23ClN4O5S. The Hall–Kier alpha value is -3.73. The minimum atomic E-state index is -3.82. The third-order valence-electron chi connectivity index (χ3n) is 4.86. The van der Waals surface area contributed by atoms with Gasteiger partial charge in [-0.1, -0.05) is 29.8 Å². The number of carbonyl (C=O) groups is 3. The monoisotopic (exact) mass is 514 g/mol. The van der Waals surface area contributed by atoms with Crippen molar-refractivity contribution < 1.29 is 22.8 Å². The van der Waals surface area contributed by atoms with Gasteiger partial charge >= 0.3 is 0 Å². The lowest BCUT2D eigenvalue weighted by atomic mass is 9.97. The Labute approximate surface area is 207 Å². The summed E-state index contributed by atoms with van der Waals surface area (Å²) in [5.41, 5.74) is 7.10. The number of amides is 2. The lowest BCUT2D eigenvalue weighted by Crippen LogP contribution is -2.35. The van der Waals surface area contributed by atoms with Crippen LogP contribution in [0.25, 0.3) is 0 Å². The molecule has 0 radical (unpaired) electrons. The predicted octanol–water partition coefficient (Wildman–Crippen LogP) is 2.82. The zero-order valence-corrected chi connectivity index (χ0v) is 20.2. The van der Waals surface area contributed by atoms with Crippen LogP contribution in [-0.2, 0) is 14.8 Å². The second-order valence-electron chi connectivity index (χ2n) is 7.47. The molecule has 0 aliphatic heterocycles. The van der Waals surface area contributed by atoms with E-state index in [-0.39, 0.29) is 46.3 Å². The van der Waals surface area contributed by atoms with Gasteiger partial charge in [0.25, 0.3) is 5.91 Å². The maximum Gasteiger partial charge on any atom is 0.252 e. The first-order valence-corrected chi connectivity index (χ1v) is 12.3. The Morgan fingerprint density at radius 3 is 2.20 bits per heavy atom. The van der Waals surface area contributed by atoms with E-state index in [1.165, 1.54) is 61.5 Å². The van der Waals surface area contributed by atoms with Gasteiger partial charge in [0.05, 0.1) is 21.2 Å². The van der Waals surface area contributed by atoms with Crippen molar-refractivity contribution in [3.8, 4) is 0 Å². The molecule has 0 bridgehead atoms. The van der Waals surface area contributed by atoms with Crippen LogP contribution in [0.2, 0.25) is 5.02 Å². The highest BCUT2D eigenvalue weighted by Gasteiger charge is 2.19. The summed E-state index contributed by atoms with van der Waals surface area (Å²) in [7, 11) is -3.82. The number of halogens is 1. The Bertz CT molecular complexity index is 1370. The Kier molecular flexibility index (Phi) is 8.23. The zero-order chi connectivity index (χ0) is 25.6. The Morgan fingerprint density at radius 1 is 0.914 bits per heavy atom. The number of rotatable bonds is 9. The fourth-order valence-corrected chi connectivity index (χ4v) is 4.33. The summed E-state index contributed by atoms with van der Waals surface area (Å²) < 4.78 is 27.3. The summed E-state index contributed by atoms with van der Waals surface area (Å²) in [6, 6.07) is 16.4. The lowest BCUT2D eigenvalue weighted by Gasteiger charge is -2.11. The van der Waals surface area contributed by atoms with E-state index in [1.54, 1.807) is 12.1 Å². The largest absolute Gasteiger partial charge is 0.398 e. The van der Waals surface area contributed by atoms with E-state index in [4.69, 9.17) is 17.3 Å². The van der Waals surface area contributed by atoms with Gasteiger partial charge in [0.2, 0.25) is 15.9 Å². The van der Waals surface area contributed by atoms with Crippen molar-refractivity contribution in [2.75, 3.05) is 24.1 Å². The normalized spacial score (nSPS) is 11.0. The number of sulfonamides is 1. The number of benzene rings is 3. The number of hydrogen-bond donors (Lipinski definition) is 4. The van der Waals surface area contributed by atoms with Crippen molar-refractivity contribution in [3.05, 3.63) is 88.4 Å². The quantitative estimate of drug-likeness (QED) is 0.196. The highest BCUT2D eigenvalue weighted by molar-refractivity contribution is 7.89. The molecule has 0 aliphatic carbocycles. The van der Waals surface area contributed by atoms with Crippen molar-refractivity contribution in [3.63, 3.8) is 0 Å². The molecule has 0 aliphatic rings. The summed E-state index contributed by atoms with van der Waals surface area (Å²) in [5.74, 6) is -1.20. The Balaban J connectivity index is 1.62. The summed E-state index contributed by atoms with van der Waals surface area (Å²) in [5, 5.41) is 5.48. The standard InChI is InChI=1S/C24H23ClN4O5S/c1-15(30)29-17-7-9-18(10-8-17)35(33,34)28-13-12-27-24(32)20-5-3-2-4-19(20)23(31)16-6-11-21(25)22(26)14-16/h2-11,14,28H,12-13,26H2,1H3,(H,27,32)(H,29,30). The molecule has 3 aromatic rings. The predicted molar refractivity (Wildman–Crippen MR) is 134 cm³/mol. The Morgan fingerprint density at radius 2 is 1.57 bits per heavy atom. The van der Waals surface area contributed by atoms with Gasteiger partial charge in [-0.3, -0.25) is 14.4 Å². The van der Waals surface area contributed by atoms with Gasteiger partial charge in [-0.2, -0.15) is 0 Å². The molecule has 0 heterocycles. The number of ketones is 1. The van der Waals surface area contributed by atoms with Gasteiger partial charge in [-0.15, -0.1) is 0 Å². The van der Waals surface area contributed by atoms with Gasteiger partial charge in [-0.05, 0) is 48.5 Å². The van der Waals surface area contributed by atoms with Crippen molar-refractivity contribution in [1.82, 2.24) is 10.0 Å². The van der Waals surface area contributed by atoms with Crippen molar-refractivity contribution in [1.29, 1.82) is 0 Å². The van der Waals surface area contributed by atoms with Crippen molar-refractivity contribution in [2.45, 2.75) is 11.8 Å². The van der Waals surface area contributed by atoms with Crippen LogP contribution < -0.4 is 21.1 Å². The fraction of sp³-hybridized carbons (Fsp3) is 0.125. The molecular weight excluding hydrogens is 492 g/mol. The molecule has 9 nitrogen and oxygen atoms in total. The molecule has 182 valence electrons. The molecule has 0 atom stereocenters. The molecule has 5 N–H and O–H groups in total. The number of carbonyl (C=O) groups excluding carboxylic acids is 3. The minimum Gasteiger partial charge on any atom is -0.398 e. The SMILES string of the molecule is CC(=O)Nc1ccc(S(=O)(=O)NCCNC(=O)c2ccccc2C(=O)c2ccc(Cl)c(N)c2)cc1. The molecule has 2 amide bonds. The maximum atomic E-state index is 12.9. The third-order valence-corrected chi connectivity index (χ3v) is 6.68. The van der Waals surface area contributed by atoms with E-state index in [2.05, 4.69) is 15.4 Å². The molecule has 0 fully saturated rings. The van der Waals surface area contributed by atoms with Crippen molar-refractivity contribution in [2.24, 2.45) is 0 Å². The van der Waals surface area contributed by atoms with Crippen LogP contribution in [0.4, 0.5) is 11.4 Å². The molecule has 3 aromatic carbocycles. The number of nitrogens with two attached hydrogens (primary N) is 1. The molecule has 3 rings (SSSR count). The number of nitrogen functional groups attached to an aromatic ring is 1. The molecule has 35 heavy (non-hydrogen) atoms. The van der Waals surface area contributed by atoms with Crippen LogP contribution in [0.15, 0.2) is 71.6 Å². The number of anilines is 2. The van der Waals surface area contributed by atoms with Gasteiger partial charge in [0.1, 0.15) is 0 Å². The van der Waals surface area contributed by atoms with E-state index >= 15 is 0 Å². The van der Waals surface area contributed by atoms with Gasteiger partial charge < -0.3 is 16.4 Å². The fourth-order valence-electron chi connectivity index (χ4n) is 3.18. The van der Waals surface area contributed by atoms with Crippen LogP contribution in [0.5, 0.6) is 0 Å². The zero-order valence-electron chi connectivity index (χ0n) is 18.7. The first-order chi connectivity index (χ1) is 16.6. The van der Waals surface area contributed by atoms with Gasteiger partial charge in [0, 0.05) is 36.8 Å². The van der Waals surface area contributed by atoms with Gasteiger partial charge in [0.15, 0.2) is 5.78 Å². The average Bonchev–Trinajstić information content (AvgIpc) is 2.83. The average molecular weight is 515 g/mol. The smallest absolute Gasteiger partial charge is 0.252 e. The molecule has 0 saturated carbocycles. The van der Waals surface area contributed by atoms with Crippen LogP contribution >= 0.6 is 11.6 Å². The van der Waals surface area contributed by atoms with E-state index in [1.807, 2.05) is 0 Å². The van der Waals surface area contributed by atoms with Crippen molar-refractivity contribution >= 4 is 50.6 Å². The molecule has 0 unspecified atom stereocenters. The van der Waals surface area contributed by atoms with Crippen LogP contribution in [-0.4, -0.2) is 39.1 Å². The third kappa shape index (κ3) is 6.66. The second-order valence-corrected chi connectivity index (χ2v) is 9.64. The van der Waals surface area contributed by atoms with Gasteiger partial charge in [-0.25, -0.2) is 13.1 Å². The molecule has 11 heteroatoms. The summed E-state index contributed by atoms with van der Waals surface area (Å²) in [6.07, 6.45) is 0. The highest BCUT2D eigenvalue weighted by atomic mass is 35.5. The molecule has 0 saturated heterocycles. The maximum absolute atomic E-state index is 12.9. The van der Waals surface area contributed by atoms with Crippen LogP contribution in [0.1, 0.15) is 33.2 Å². The number of nitrogens with one attached hydrogen (secondary N) is 3. The van der Waals surface area contributed by atoms with E-state index in [0.29, 0.717) is 10.7 Å². The second kappa shape index (κ2) is 11.1. The summed E-state index contributed by atoms with van der Waals surface area (Å²) in [6.45, 7) is 1.26. The first-order valence-electron chi connectivity index (χ1n) is 10.4. The summed E-state index contributed by atoms with van der Waals surface area (Å²) >= 11 is 5.92. The number of hydrogen-bond acceptors (Lipinski definition) is 6. The van der Waals surface area contributed by atoms with E-state index in [0.717, 1.165) is 0 Å². The lowest BCUT2D eigenvalue weighted by molar-refractivity contribution is -0.114. The molecule has 0 aromatic heterocycles. The highest BCUT2D eigenvalue weighted by Crippen LogP contribution is 2.22. The molecule has 0 spiro atoms. The van der Waals surface area contributed by atoms with E-state index in [9.17, 15) is 22.8 Å². The topological polar surface area (TPSA) is 147 Å². The summed E-state index contributed by atoms with van der Waals surface area (Å²) in [4.78, 5) is 36.8. The van der Waals surface area contributed by atoms with E-state index < -0.39 is 21.7 Å². The van der Waals surface area contributed by atoms with Crippen LogP contribution in [0.3, 0.4) is 0 Å². The minimum absolute atomic E-state index is 0.0103. The first kappa shape index (κ1) is 25.9.